The minimum Gasteiger partial charge on any atom is -0.481 e. The summed E-state index contributed by atoms with van der Waals surface area (Å²) in [5, 5.41) is 8.92. The molecule has 1 unspecified atom stereocenters. The first-order valence-corrected chi connectivity index (χ1v) is 7.99. The largest absolute Gasteiger partial charge is 0.481 e. The SMILES string of the molecule is CCCC1(C(=O)O)CCCN(S(=O)(=O)C(C)C)C1. The first-order chi connectivity index (χ1) is 8.26. The molecule has 1 rings (SSSR count). The Morgan fingerprint density at radius 1 is 1.44 bits per heavy atom. The maximum absolute atomic E-state index is 12.1. The van der Waals surface area contributed by atoms with Crippen LogP contribution < -0.4 is 0 Å². The number of nitrogens with zero attached hydrogens (tertiary/aromatic N) is 1. The second-order valence-corrected chi connectivity index (χ2v) is 7.86. The number of hydrogen-bond acceptors (Lipinski definition) is 3. The van der Waals surface area contributed by atoms with Crippen molar-refractivity contribution in [1.29, 1.82) is 0 Å². The van der Waals surface area contributed by atoms with Crippen LogP contribution in [0.2, 0.25) is 0 Å². The van der Waals surface area contributed by atoms with Crippen molar-refractivity contribution >= 4 is 16.0 Å². The molecule has 0 aromatic rings. The van der Waals surface area contributed by atoms with Crippen LogP contribution in [0.5, 0.6) is 0 Å². The van der Waals surface area contributed by atoms with Crippen LogP contribution in [0.3, 0.4) is 0 Å². The fraction of sp³-hybridized carbons (Fsp3) is 0.917. The standard InChI is InChI=1S/C12H23NO4S/c1-4-6-12(11(14)15)7-5-8-13(9-12)18(16,17)10(2)3/h10H,4-9H2,1-3H3,(H,14,15). The zero-order valence-corrected chi connectivity index (χ0v) is 12.2. The van der Waals surface area contributed by atoms with Crippen molar-refractivity contribution in [2.24, 2.45) is 5.41 Å². The fourth-order valence-electron chi connectivity index (χ4n) is 2.57. The average Bonchev–Trinajstić information content (AvgIpc) is 2.29. The van der Waals surface area contributed by atoms with E-state index in [-0.39, 0.29) is 6.54 Å². The summed E-state index contributed by atoms with van der Waals surface area (Å²) in [5.41, 5.74) is -0.894. The number of aliphatic carboxylic acids is 1. The van der Waals surface area contributed by atoms with Gasteiger partial charge in [-0.3, -0.25) is 4.79 Å². The number of carbonyl (C=O) groups is 1. The highest BCUT2D eigenvalue weighted by molar-refractivity contribution is 7.89. The molecule has 0 aromatic heterocycles. The van der Waals surface area contributed by atoms with Crippen LogP contribution in [0.4, 0.5) is 0 Å². The third-order valence-corrected chi connectivity index (χ3v) is 5.90. The van der Waals surface area contributed by atoms with Gasteiger partial charge in [0.15, 0.2) is 0 Å². The third-order valence-electron chi connectivity index (χ3n) is 3.68. The van der Waals surface area contributed by atoms with Gasteiger partial charge >= 0.3 is 5.97 Å². The van der Waals surface area contributed by atoms with E-state index in [1.807, 2.05) is 6.92 Å². The monoisotopic (exact) mass is 277 g/mol. The minimum absolute atomic E-state index is 0.122. The molecule has 1 atom stereocenters. The van der Waals surface area contributed by atoms with Crippen molar-refractivity contribution in [3.8, 4) is 0 Å². The molecule has 0 spiro atoms. The lowest BCUT2D eigenvalue weighted by Crippen LogP contribution is -2.51. The van der Waals surface area contributed by atoms with Gasteiger partial charge in [-0.05, 0) is 33.1 Å². The summed E-state index contributed by atoms with van der Waals surface area (Å²) in [5.74, 6) is -0.868. The van der Waals surface area contributed by atoms with E-state index in [9.17, 15) is 18.3 Å². The van der Waals surface area contributed by atoms with E-state index in [0.29, 0.717) is 25.8 Å². The Labute approximate surface area is 109 Å². The Hall–Kier alpha value is -0.620. The van der Waals surface area contributed by atoms with E-state index in [0.717, 1.165) is 6.42 Å². The van der Waals surface area contributed by atoms with Crippen LogP contribution in [-0.4, -0.2) is 42.1 Å². The quantitative estimate of drug-likeness (QED) is 0.830. The van der Waals surface area contributed by atoms with E-state index in [4.69, 9.17) is 0 Å². The molecule has 1 saturated heterocycles. The van der Waals surface area contributed by atoms with Gasteiger partial charge in [-0.2, -0.15) is 0 Å². The highest BCUT2D eigenvalue weighted by Gasteiger charge is 2.44. The summed E-state index contributed by atoms with van der Waals surface area (Å²) in [6.07, 6.45) is 2.48. The highest BCUT2D eigenvalue weighted by Crippen LogP contribution is 2.36. The first kappa shape index (κ1) is 15.4. The molecule has 1 fully saturated rings. The predicted octanol–water partition coefficient (Wildman–Crippen LogP) is 1.69. The van der Waals surface area contributed by atoms with Gasteiger partial charge in [-0.1, -0.05) is 13.3 Å². The van der Waals surface area contributed by atoms with Crippen LogP contribution in [0.1, 0.15) is 46.5 Å². The number of hydrogen-bond donors (Lipinski definition) is 1. The van der Waals surface area contributed by atoms with Crippen LogP contribution >= 0.6 is 0 Å². The zero-order valence-electron chi connectivity index (χ0n) is 11.3. The number of piperidine rings is 1. The summed E-state index contributed by atoms with van der Waals surface area (Å²) in [7, 11) is -3.35. The van der Waals surface area contributed by atoms with E-state index >= 15 is 0 Å². The molecule has 0 aromatic carbocycles. The van der Waals surface area contributed by atoms with E-state index in [1.165, 1.54) is 4.31 Å². The van der Waals surface area contributed by atoms with Gasteiger partial charge in [0.25, 0.3) is 0 Å². The lowest BCUT2D eigenvalue weighted by Gasteiger charge is -2.39. The van der Waals surface area contributed by atoms with Crippen LogP contribution in [0, 0.1) is 5.41 Å². The Bertz CT molecular complexity index is 400. The van der Waals surface area contributed by atoms with E-state index in [1.54, 1.807) is 13.8 Å². The van der Waals surface area contributed by atoms with Crippen LogP contribution in [0.25, 0.3) is 0 Å². The third kappa shape index (κ3) is 2.85. The number of carboxylic acid groups (broad SMARTS) is 1. The molecular weight excluding hydrogens is 254 g/mol. The Morgan fingerprint density at radius 2 is 2.06 bits per heavy atom. The molecule has 0 radical (unpaired) electrons. The summed E-state index contributed by atoms with van der Waals surface area (Å²) >= 11 is 0. The summed E-state index contributed by atoms with van der Waals surface area (Å²) in [4.78, 5) is 11.5. The van der Waals surface area contributed by atoms with Gasteiger partial charge < -0.3 is 5.11 Å². The van der Waals surface area contributed by atoms with Crippen LogP contribution in [0.15, 0.2) is 0 Å². The Balaban J connectivity index is 2.98. The van der Waals surface area contributed by atoms with Crippen molar-refractivity contribution in [3.05, 3.63) is 0 Å². The highest BCUT2D eigenvalue weighted by atomic mass is 32.2. The fourth-order valence-corrected chi connectivity index (χ4v) is 3.98. The van der Waals surface area contributed by atoms with E-state index in [2.05, 4.69) is 0 Å². The van der Waals surface area contributed by atoms with Gasteiger partial charge in [0, 0.05) is 13.1 Å². The summed E-state index contributed by atoms with van der Waals surface area (Å²) in [6.45, 7) is 5.76. The zero-order chi connectivity index (χ0) is 14.0. The van der Waals surface area contributed by atoms with Crippen molar-refractivity contribution < 1.29 is 18.3 Å². The molecular formula is C12H23NO4S. The molecule has 1 aliphatic rings. The second kappa shape index (κ2) is 5.57. The van der Waals surface area contributed by atoms with Crippen LogP contribution in [-0.2, 0) is 14.8 Å². The summed E-state index contributed by atoms with van der Waals surface area (Å²) < 4.78 is 25.6. The lowest BCUT2D eigenvalue weighted by atomic mass is 9.77. The molecule has 5 nitrogen and oxygen atoms in total. The number of rotatable bonds is 5. The van der Waals surface area contributed by atoms with Gasteiger partial charge in [-0.15, -0.1) is 0 Å². The minimum atomic E-state index is -3.35. The molecule has 1 heterocycles. The normalized spacial score (nSPS) is 26.4. The second-order valence-electron chi connectivity index (χ2n) is 5.37. The van der Waals surface area contributed by atoms with Crippen molar-refractivity contribution in [3.63, 3.8) is 0 Å². The molecule has 1 N–H and O–H groups in total. The van der Waals surface area contributed by atoms with Crippen molar-refractivity contribution in [2.75, 3.05) is 13.1 Å². The summed E-state index contributed by atoms with van der Waals surface area (Å²) in [6, 6.07) is 0. The molecule has 6 heteroatoms. The van der Waals surface area contributed by atoms with Crippen molar-refractivity contribution in [1.82, 2.24) is 4.31 Å². The average molecular weight is 277 g/mol. The Kier molecular flexibility index (Phi) is 4.78. The molecule has 0 aliphatic carbocycles. The molecule has 106 valence electrons. The molecule has 0 saturated carbocycles. The van der Waals surface area contributed by atoms with Gasteiger partial charge in [0.05, 0.1) is 10.7 Å². The maximum Gasteiger partial charge on any atom is 0.310 e. The molecule has 18 heavy (non-hydrogen) atoms. The van der Waals surface area contributed by atoms with Gasteiger partial charge in [0.1, 0.15) is 0 Å². The molecule has 0 bridgehead atoms. The van der Waals surface area contributed by atoms with Crippen molar-refractivity contribution in [2.45, 2.75) is 51.7 Å². The number of carboxylic acids is 1. The lowest BCUT2D eigenvalue weighted by molar-refractivity contribution is -0.151. The van der Waals surface area contributed by atoms with Gasteiger partial charge in [0.2, 0.25) is 10.0 Å². The van der Waals surface area contributed by atoms with E-state index < -0.39 is 26.7 Å². The maximum atomic E-state index is 12.1. The number of sulfonamides is 1. The Morgan fingerprint density at radius 3 is 2.50 bits per heavy atom. The smallest absolute Gasteiger partial charge is 0.310 e. The van der Waals surface area contributed by atoms with Gasteiger partial charge in [-0.25, -0.2) is 12.7 Å². The molecule has 1 aliphatic heterocycles. The first-order valence-electron chi connectivity index (χ1n) is 6.48. The topological polar surface area (TPSA) is 74.7 Å². The predicted molar refractivity (Wildman–Crippen MR) is 69.8 cm³/mol. The molecule has 0 amide bonds.